The molecule has 0 aliphatic rings. The molecule has 0 radical (unpaired) electrons. The molecule has 5 rings (SSSR count). The van der Waals surface area contributed by atoms with Crippen molar-refractivity contribution in [1.29, 1.82) is 0 Å². The summed E-state index contributed by atoms with van der Waals surface area (Å²) < 4.78 is 12.2. The van der Waals surface area contributed by atoms with E-state index in [9.17, 15) is 4.79 Å². The Morgan fingerprint density at radius 1 is 1.11 bits per heavy atom. The van der Waals surface area contributed by atoms with Crippen LogP contribution in [0.2, 0.25) is 0 Å². The fourth-order valence-electron chi connectivity index (χ4n) is 3.45. The van der Waals surface area contributed by atoms with Gasteiger partial charge in [-0.3, -0.25) is 15.2 Å². The number of benzene rings is 2. The van der Waals surface area contributed by atoms with Crippen LogP contribution in [0.4, 0.5) is 17.5 Å². The third-order valence-corrected chi connectivity index (χ3v) is 5.11. The minimum absolute atomic E-state index is 0.250. The van der Waals surface area contributed by atoms with Crippen molar-refractivity contribution in [1.82, 2.24) is 19.6 Å². The van der Waals surface area contributed by atoms with Gasteiger partial charge in [0.2, 0.25) is 5.95 Å². The van der Waals surface area contributed by atoms with Crippen LogP contribution in [0.5, 0.6) is 5.75 Å². The van der Waals surface area contributed by atoms with Crippen LogP contribution in [-0.4, -0.2) is 38.3 Å². The smallest absolute Gasteiger partial charge is 0.439 e. The van der Waals surface area contributed by atoms with Gasteiger partial charge in [-0.05, 0) is 37.3 Å². The number of pyridine rings is 1. The molecule has 0 amide bonds. The van der Waals surface area contributed by atoms with Gasteiger partial charge in [0.1, 0.15) is 11.3 Å². The number of carbonyl (C=O) groups is 1. The van der Waals surface area contributed by atoms with Crippen LogP contribution in [0.15, 0.2) is 82.4 Å². The lowest BCUT2D eigenvalue weighted by Crippen LogP contribution is -2.23. The maximum Gasteiger partial charge on any atom is 0.439 e. The van der Waals surface area contributed by atoms with E-state index in [1.807, 2.05) is 43.3 Å². The lowest BCUT2D eigenvalue weighted by Gasteiger charge is -2.13. The van der Waals surface area contributed by atoms with Crippen molar-refractivity contribution in [2.24, 2.45) is 0 Å². The summed E-state index contributed by atoms with van der Waals surface area (Å²) in [6.45, 7) is 1.60. The fourth-order valence-corrected chi connectivity index (χ4v) is 3.45. The van der Waals surface area contributed by atoms with E-state index in [1.165, 1.54) is 4.68 Å². The number of ether oxygens (including phenoxy) is 1. The van der Waals surface area contributed by atoms with Gasteiger partial charge in [-0.25, -0.2) is 9.78 Å². The molecule has 0 saturated heterocycles. The minimum atomic E-state index is -0.528. The Hall–Kier alpha value is -5.19. The lowest BCUT2D eigenvalue weighted by molar-refractivity contribution is -0.122. The topological polar surface area (TPSA) is 144 Å². The lowest BCUT2D eigenvalue weighted by atomic mass is 10.1. The maximum absolute atomic E-state index is 12.3. The second-order valence-electron chi connectivity index (χ2n) is 7.40. The molecule has 0 aliphatic heterocycles. The first-order valence-electron chi connectivity index (χ1n) is 10.7. The number of nitrogens with zero attached hydrogens (tertiary/aromatic N) is 4. The van der Waals surface area contributed by atoms with E-state index in [0.29, 0.717) is 28.6 Å². The first kappa shape index (κ1) is 24.0. The molecular formula is C25H22N6O5. The number of hydrogen-bond acceptors (Lipinski definition) is 9. The number of hydrogen-bond donors (Lipinski definition) is 3. The fraction of sp³-hybridized carbons (Fsp3) is 0.0800. The molecule has 0 unspecified atom stereocenters. The monoisotopic (exact) mass is 486 g/mol. The molecule has 0 aliphatic carbocycles. The Labute approximate surface area is 205 Å². The molecule has 0 atom stereocenters. The van der Waals surface area contributed by atoms with E-state index in [4.69, 9.17) is 19.1 Å². The van der Waals surface area contributed by atoms with E-state index in [-0.39, 0.29) is 6.47 Å². The van der Waals surface area contributed by atoms with Gasteiger partial charge in [-0.2, -0.15) is 9.66 Å². The number of nitrogens with one attached hydrogen (secondary N) is 2. The molecule has 3 aromatic heterocycles. The number of methoxy groups -OCH3 is 1. The molecule has 3 heterocycles. The molecule has 36 heavy (non-hydrogen) atoms. The van der Waals surface area contributed by atoms with Crippen LogP contribution in [0.1, 0.15) is 5.56 Å². The zero-order valence-electron chi connectivity index (χ0n) is 19.4. The molecule has 0 bridgehead atoms. The summed E-state index contributed by atoms with van der Waals surface area (Å²) in [6.07, 6.45) is 5.19. The second-order valence-corrected chi connectivity index (χ2v) is 7.40. The molecule has 0 spiro atoms. The van der Waals surface area contributed by atoms with Gasteiger partial charge in [-0.1, -0.05) is 18.2 Å². The number of carboxylic acid groups (broad SMARTS) is 1. The van der Waals surface area contributed by atoms with Crippen LogP contribution < -0.4 is 21.2 Å². The predicted molar refractivity (Wildman–Crippen MR) is 134 cm³/mol. The average Bonchev–Trinajstić information content (AvgIpc) is 3.21. The number of aromatic nitrogens is 4. The summed E-state index contributed by atoms with van der Waals surface area (Å²) in [6, 6.07) is 16.7. The third-order valence-electron chi connectivity index (χ3n) is 5.11. The molecule has 0 saturated carbocycles. The molecule has 5 aromatic rings. The second kappa shape index (κ2) is 10.8. The largest absolute Gasteiger partial charge is 0.496 e. The number of aryl methyl sites for hydroxylation is 1. The van der Waals surface area contributed by atoms with Crippen LogP contribution in [-0.2, 0) is 4.79 Å². The molecule has 3 N–H and O–H groups in total. The summed E-state index contributed by atoms with van der Waals surface area (Å²) in [7, 11) is 1.62. The van der Waals surface area contributed by atoms with Gasteiger partial charge >= 0.3 is 5.76 Å². The van der Waals surface area contributed by atoms with Crippen LogP contribution >= 0.6 is 0 Å². The third kappa shape index (κ3) is 5.14. The highest BCUT2D eigenvalue weighted by atomic mass is 16.5. The Kier molecular flexibility index (Phi) is 7.20. The Morgan fingerprint density at radius 3 is 2.67 bits per heavy atom. The summed E-state index contributed by atoms with van der Waals surface area (Å²) >= 11 is 0. The number of rotatable bonds is 6. The van der Waals surface area contributed by atoms with Gasteiger partial charge < -0.3 is 19.6 Å². The van der Waals surface area contributed by atoms with E-state index in [2.05, 4.69) is 25.7 Å². The van der Waals surface area contributed by atoms with Crippen LogP contribution in [0, 0.1) is 6.92 Å². The van der Waals surface area contributed by atoms with E-state index >= 15 is 0 Å². The highest BCUT2D eigenvalue weighted by Gasteiger charge is 2.12. The number of anilines is 3. The van der Waals surface area contributed by atoms with Gasteiger partial charge in [-0.15, -0.1) is 0 Å². The molecular weight excluding hydrogens is 464 g/mol. The summed E-state index contributed by atoms with van der Waals surface area (Å²) in [5.74, 6) is 0.995. The standard InChI is InChI=1S/C24H20N6O3.CH2O2/c1-15-13-26-23(28-22(15)29-30-19-7-3-4-8-20(19)33-24(30)31)27-17-9-10-18(21(12-17)32-2)16-6-5-11-25-14-16;2-1-3/h3-14H,1-2H3,(H2,26,27,28,29);1H,(H,2,3). The average molecular weight is 486 g/mol. The van der Waals surface area contributed by atoms with Gasteiger partial charge in [0.15, 0.2) is 11.4 Å². The predicted octanol–water partition coefficient (Wildman–Crippen LogP) is 4.08. The molecule has 2 aromatic carbocycles. The van der Waals surface area contributed by atoms with Crippen molar-refractivity contribution < 1.29 is 19.1 Å². The zero-order valence-corrected chi connectivity index (χ0v) is 19.4. The molecule has 0 fully saturated rings. The van der Waals surface area contributed by atoms with E-state index in [0.717, 1.165) is 22.4 Å². The molecule has 182 valence electrons. The van der Waals surface area contributed by atoms with Crippen molar-refractivity contribution in [2.45, 2.75) is 6.92 Å². The van der Waals surface area contributed by atoms with Gasteiger partial charge in [0, 0.05) is 47.0 Å². The van der Waals surface area contributed by atoms with E-state index < -0.39 is 5.76 Å². The highest BCUT2D eigenvalue weighted by Crippen LogP contribution is 2.32. The van der Waals surface area contributed by atoms with Crippen molar-refractivity contribution in [3.63, 3.8) is 0 Å². The Morgan fingerprint density at radius 2 is 1.92 bits per heavy atom. The summed E-state index contributed by atoms with van der Waals surface area (Å²) in [5.41, 5.74) is 7.53. The zero-order chi connectivity index (χ0) is 25.5. The van der Waals surface area contributed by atoms with Crippen molar-refractivity contribution in [2.75, 3.05) is 17.9 Å². The van der Waals surface area contributed by atoms with Crippen molar-refractivity contribution in [3.8, 4) is 16.9 Å². The van der Waals surface area contributed by atoms with Gasteiger partial charge in [0.25, 0.3) is 6.47 Å². The highest BCUT2D eigenvalue weighted by molar-refractivity contribution is 5.75. The van der Waals surface area contributed by atoms with Crippen LogP contribution in [0.3, 0.4) is 0 Å². The minimum Gasteiger partial charge on any atom is -0.496 e. The number of para-hydroxylation sites is 2. The van der Waals surface area contributed by atoms with Crippen LogP contribution in [0.25, 0.3) is 22.2 Å². The molecule has 11 heteroatoms. The SMILES string of the molecule is COc1cc(Nc2ncc(C)c(Nn3c(=O)oc4ccccc43)n2)ccc1-c1cccnc1.O=CO. The summed E-state index contributed by atoms with van der Waals surface area (Å²) in [5, 5.41) is 10.1. The normalized spacial score (nSPS) is 10.3. The van der Waals surface area contributed by atoms with E-state index in [1.54, 1.807) is 43.9 Å². The molecule has 11 nitrogen and oxygen atoms in total. The van der Waals surface area contributed by atoms with Gasteiger partial charge in [0.05, 0.1) is 7.11 Å². The Bertz CT molecular complexity index is 1550. The Balaban J connectivity index is 0.000000967. The quantitative estimate of drug-likeness (QED) is 0.300. The summed E-state index contributed by atoms with van der Waals surface area (Å²) in [4.78, 5) is 33.7. The first-order valence-corrected chi connectivity index (χ1v) is 10.7. The number of oxazole rings is 1. The van der Waals surface area contributed by atoms with Crippen molar-refractivity contribution >= 4 is 35.0 Å². The first-order chi connectivity index (χ1) is 17.5. The number of fused-ring (bicyclic) bond motifs is 1. The van der Waals surface area contributed by atoms with Crippen molar-refractivity contribution in [3.05, 3.63) is 89.3 Å². The maximum atomic E-state index is 12.3.